The van der Waals surface area contributed by atoms with E-state index in [1.165, 1.54) is 64.7 Å². The van der Waals surface area contributed by atoms with Crippen molar-refractivity contribution in [3.05, 3.63) is 23.5 Å². The van der Waals surface area contributed by atoms with E-state index in [1.807, 2.05) is 0 Å². The lowest BCUT2D eigenvalue weighted by Crippen LogP contribution is -2.35. The molecule has 2 N–H and O–H groups in total. The zero-order valence-electron chi connectivity index (χ0n) is 14.3. The van der Waals surface area contributed by atoms with Crippen LogP contribution in [0.5, 0.6) is 0 Å². The fraction of sp³-hybridized carbons (Fsp3) is 0.684. The number of aromatic nitrogens is 1. The molecule has 0 aromatic carbocycles. The predicted octanol–water partition coefficient (Wildman–Crippen LogP) is 4.62. The van der Waals surface area contributed by atoms with Crippen LogP contribution in [-0.4, -0.2) is 22.7 Å². The molecule has 0 atom stereocenters. The first-order chi connectivity index (χ1) is 11.2. The molecule has 1 aliphatic carbocycles. The van der Waals surface area contributed by atoms with Crippen LogP contribution in [-0.2, 0) is 0 Å². The van der Waals surface area contributed by atoms with Crippen molar-refractivity contribution in [2.24, 2.45) is 0 Å². The molecule has 1 aromatic heterocycles. The Kier molecular flexibility index (Phi) is 7.37. The average molecular weight is 318 g/mol. The standard InChI is InChI=1S/C19H30N2O2/c1-15(22)16-13-18(20-14-16)19(23)21-17-11-9-7-5-3-2-4-6-8-10-12-17/h13-14,17,20H,2-12H2,1H3,(H,21,23). The molecule has 2 rings (SSSR count). The summed E-state index contributed by atoms with van der Waals surface area (Å²) in [5.74, 6) is -0.110. The van der Waals surface area contributed by atoms with Crippen LogP contribution in [0.2, 0.25) is 0 Å². The molecule has 1 aliphatic rings. The molecule has 4 nitrogen and oxygen atoms in total. The van der Waals surface area contributed by atoms with Crippen LogP contribution in [0, 0.1) is 0 Å². The summed E-state index contributed by atoms with van der Waals surface area (Å²) in [6.45, 7) is 1.51. The number of amides is 1. The Labute approximate surface area is 139 Å². The topological polar surface area (TPSA) is 62.0 Å². The molecule has 1 aromatic rings. The van der Waals surface area contributed by atoms with Gasteiger partial charge in [-0.2, -0.15) is 0 Å². The minimum Gasteiger partial charge on any atom is -0.356 e. The molecule has 128 valence electrons. The largest absolute Gasteiger partial charge is 0.356 e. The Morgan fingerprint density at radius 1 is 0.957 bits per heavy atom. The van der Waals surface area contributed by atoms with Gasteiger partial charge in [-0.1, -0.05) is 57.8 Å². The first kappa shape index (κ1) is 17.8. The zero-order valence-corrected chi connectivity index (χ0v) is 14.3. The van der Waals surface area contributed by atoms with Crippen LogP contribution in [0.1, 0.15) is 98.4 Å². The molecule has 4 heteroatoms. The summed E-state index contributed by atoms with van der Waals surface area (Å²) in [6, 6.07) is 1.90. The van der Waals surface area contributed by atoms with Gasteiger partial charge in [-0.3, -0.25) is 9.59 Å². The van der Waals surface area contributed by atoms with E-state index < -0.39 is 0 Å². The van der Waals surface area contributed by atoms with E-state index in [4.69, 9.17) is 0 Å². The fourth-order valence-corrected chi connectivity index (χ4v) is 3.30. The molecule has 1 heterocycles. The van der Waals surface area contributed by atoms with Crippen LogP contribution in [0.3, 0.4) is 0 Å². The molecule has 0 spiro atoms. The molecule has 0 saturated heterocycles. The van der Waals surface area contributed by atoms with Crippen molar-refractivity contribution in [3.8, 4) is 0 Å². The van der Waals surface area contributed by atoms with Gasteiger partial charge in [0.15, 0.2) is 5.78 Å². The number of hydrogen-bond donors (Lipinski definition) is 2. The van der Waals surface area contributed by atoms with Gasteiger partial charge in [0.05, 0.1) is 0 Å². The lowest BCUT2D eigenvalue weighted by Gasteiger charge is -2.19. The molecule has 1 fully saturated rings. The molecular weight excluding hydrogens is 288 g/mol. The smallest absolute Gasteiger partial charge is 0.267 e. The second-order valence-electron chi connectivity index (χ2n) is 6.79. The number of Topliss-reactive ketones (excluding diaryl/α,β-unsaturated/α-hetero) is 1. The third-order valence-electron chi connectivity index (χ3n) is 4.77. The van der Waals surface area contributed by atoms with Gasteiger partial charge in [0, 0.05) is 17.8 Å². The normalized spacial score (nSPS) is 18.7. The van der Waals surface area contributed by atoms with E-state index in [0.29, 0.717) is 11.3 Å². The van der Waals surface area contributed by atoms with Gasteiger partial charge in [-0.05, 0) is 25.8 Å². The minimum absolute atomic E-state index is 0.0219. The number of aromatic amines is 1. The summed E-state index contributed by atoms with van der Waals surface area (Å²) >= 11 is 0. The number of carbonyl (C=O) groups excluding carboxylic acids is 2. The van der Waals surface area contributed by atoms with Crippen molar-refractivity contribution < 1.29 is 9.59 Å². The highest BCUT2D eigenvalue weighted by atomic mass is 16.2. The van der Waals surface area contributed by atoms with E-state index in [-0.39, 0.29) is 17.7 Å². The molecular formula is C19H30N2O2. The van der Waals surface area contributed by atoms with Crippen molar-refractivity contribution >= 4 is 11.7 Å². The Morgan fingerprint density at radius 3 is 1.96 bits per heavy atom. The Bertz CT molecular complexity index is 495. The highest BCUT2D eigenvalue weighted by Gasteiger charge is 2.16. The lowest BCUT2D eigenvalue weighted by atomic mass is 9.98. The Morgan fingerprint density at radius 2 is 1.48 bits per heavy atom. The highest BCUT2D eigenvalue weighted by molar-refractivity contribution is 5.99. The molecule has 23 heavy (non-hydrogen) atoms. The van der Waals surface area contributed by atoms with E-state index in [9.17, 15) is 9.59 Å². The number of ketones is 1. The maximum absolute atomic E-state index is 12.4. The summed E-state index contributed by atoms with van der Waals surface area (Å²) in [7, 11) is 0. The van der Waals surface area contributed by atoms with Gasteiger partial charge in [0.25, 0.3) is 5.91 Å². The zero-order chi connectivity index (χ0) is 16.5. The molecule has 0 radical (unpaired) electrons. The molecule has 0 bridgehead atoms. The molecule has 1 saturated carbocycles. The number of H-pyrrole nitrogens is 1. The van der Waals surface area contributed by atoms with Gasteiger partial charge in [-0.25, -0.2) is 0 Å². The first-order valence-electron chi connectivity index (χ1n) is 9.17. The Balaban J connectivity index is 1.88. The van der Waals surface area contributed by atoms with Crippen LogP contribution in [0.4, 0.5) is 0 Å². The Hall–Kier alpha value is -1.58. The second-order valence-corrected chi connectivity index (χ2v) is 6.79. The minimum atomic E-state index is -0.0883. The predicted molar refractivity (Wildman–Crippen MR) is 92.8 cm³/mol. The van der Waals surface area contributed by atoms with Crippen molar-refractivity contribution in [1.29, 1.82) is 0 Å². The average Bonchev–Trinajstić information content (AvgIpc) is 3.00. The number of nitrogens with one attached hydrogen (secondary N) is 2. The summed E-state index contributed by atoms with van der Waals surface area (Å²) in [4.78, 5) is 26.6. The number of carbonyl (C=O) groups is 2. The van der Waals surface area contributed by atoms with Crippen molar-refractivity contribution in [3.63, 3.8) is 0 Å². The van der Waals surface area contributed by atoms with Gasteiger partial charge < -0.3 is 10.3 Å². The van der Waals surface area contributed by atoms with Crippen molar-refractivity contribution in [1.82, 2.24) is 10.3 Å². The van der Waals surface area contributed by atoms with Gasteiger partial charge in [-0.15, -0.1) is 0 Å². The van der Waals surface area contributed by atoms with Gasteiger partial charge in [0.2, 0.25) is 0 Å². The molecule has 1 amide bonds. The first-order valence-corrected chi connectivity index (χ1v) is 9.17. The quantitative estimate of drug-likeness (QED) is 0.799. The van der Waals surface area contributed by atoms with Crippen molar-refractivity contribution in [2.45, 2.75) is 83.6 Å². The van der Waals surface area contributed by atoms with Crippen LogP contribution in [0.15, 0.2) is 12.3 Å². The summed E-state index contributed by atoms with van der Waals surface area (Å²) in [5.41, 5.74) is 1.05. The number of hydrogen-bond acceptors (Lipinski definition) is 2. The second kappa shape index (κ2) is 9.53. The summed E-state index contributed by atoms with van der Waals surface area (Å²) < 4.78 is 0. The van der Waals surface area contributed by atoms with E-state index in [1.54, 1.807) is 12.3 Å². The van der Waals surface area contributed by atoms with E-state index in [0.717, 1.165) is 12.8 Å². The maximum Gasteiger partial charge on any atom is 0.267 e. The third kappa shape index (κ3) is 6.20. The third-order valence-corrected chi connectivity index (χ3v) is 4.77. The van der Waals surface area contributed by atoms with E-state index >= 15 is 0 Å². The SMILES string of the molecule is CC(=O)c1c[nH]c(C(=O)NC2CCCCCCCCCCC2)c1. The van der Waals surface area contributed by atoms with E-state index in [2.05, 4.69) is 10.3 Å². The summed E-state index contributed by atoms with van der Waals surface area (Å²) in [6.07, 6.45) is 15.4. The monoisotopic (exact) mass is 318 g/mol. The molecule has 0 unspecified atom stereocenters. The molecule has 0 aliphatic heterocycles. The van der Waals surface area contributed by atoms with Crippen LogP contribution < -0.4 is 5.32 Å². The fourth-order valence-electron chi connectivity index (χ4n) is 3.30. The number of rotatable bonds is 3. The summed E-state index contributed by atoms with van der Waals surface area (Å²) in [5, 5.41) is 3.16. The lowest BCUT2D eigenvalue weighted by molar-refractivity contribution is 0.0926. The highest BCUT2D eigenvalue weighted by Crippen LogP contribution is 2.17. The van der Waals surface area contributed by atoms with Gasteiger partial charge >= 0.3 is 0 Å². The van der Waals surface area contributed by atoms with Crippen molar-refractivity contribution in [2.75, 3.05) is 0 Å². The maximum atomic E-state index is 12.4. The van der Waals surface area contributed by atoms with Gasteiger partial charge in [0.1, 0.15) is 5.69 Å². The van der Waals surface area contributed by atoms with Crippen LogP contribution in [0.25, 0.3) is 0 Å². The van der Waals surface area contributed by atoms with Crippen LogP contribution >= 0.6 is 0 Å².